The summed E-state index contributed by atoms with van der Waals surface area (Å²) < 4.78 is 5.04. The molecule has 0 aromatic rings. The highest BCUT2D eigenvalue weighted by Gasteiger charge is 2.12. The summed E-state index contributed by atoms with van der Waals surface area (Å²) in [6.07, 6.45) is 6.51. The molecule has 52 valence electrons. The first-order chi connectivity index (χ1) is 4.43. The highest BCUT2D eigenvalue weighted by molar-refractivity contribution is 6.15. The predicted molar refractivity (Wildman–Crippen MR) is 37.3 cm³/mol. The molecule has 0 radical (unpaired) electrons. The van der Waals surface area contributed by atoms with Crippen LogP contribution in [-0.4, -0.2) is 18.8 Å². The molecule has 0 amide bonds. The van der Waals surface area contributed by atoms with E-state index in [4.69, 9.17) is 9.68 Å². The van der Waals surface area contributed by atoms with Crippen LogP contribution < -0.4 is 0 Å². The third-order valence-electron chi connectivity index (χ3n) is 1.86. The molecule has 0 atom stereocenters. The van der Waals surface area contributed by atoms with Crippen molar-refractivity contribution in [2.45, 2.75) is 38.2 Å². The fraction of sp³-hybridized carbons (Fsp3) is 1.00. The van der Waals surface area contributed by atoms with Gasteiger partial charge in [0, 0.05) is 6.10 Å². The summed E-state index contributed by atoms with van der Waals surface area (Å²) in [5.41, 5.74) is 0. The molecule has 1 rings (SSSR count). The van der Waals surface area contributed by atoms with Crippen LogP contribution in [0.1, 0.15) is 32.1 Å². The maximum Gasteiger partial charge on any atom is 0.435 e. The van der Waals surface area contributed by atoms with Gasteiger partial charge in [0.05, 0.1) is 0 Å². The van der Waals surface area contributed by atoms with E-state index < -0.39 is 0 Å². The largest absolute Gasteiger partial charge is 0.435 e. The van der Waals surface area contributed by atoms with E-state index >= 15 is 0 Å². The van der Waals surface area contributed by atoms with E-state index in [0.717, 1.165) is 12.8 Å². The van der Waals surface area contributed by atoms with E-state index in [-0.39, 0.29) is 7.69 Å². The summed E-state index contributed by atoms with van der Waals surface area (Å²) in [6, 6.07) is 0. The van der Waals surface area contributed by atoms with Crippen molar-refractivity contribution in [2.24, 2.45) is 0 Å². The molecule has 1 saturated carbocycles. The van der Waals surface area contributed by atoms with Gasteiger partial charge in [0.15, 0.2) is 0 Å². The van der Waals surface area contributed by atoms with E-state index in [2.05, 4.69) is 0 Å². The Hall–Kier alpha value is -0.0151. The van der Waals surface area contributed by atoms with Crippen LogP contribution in [0.15, 0.2) is 0 Å². The molecule has 0 aromatic heterocycles. The molecule has 0 aliphatic heterocycles. The number of hydrogen-bond donors (Lipinski definition) is 1. The Morgan fingerprint density at radius 2 is 1.89 bits per heavy atom. The highest BCUT2D eigenvalue weighted by atomic mass is 16.5. The second-order valence-corrected chi connectivity index (χ2v) is 2.56. The number of hydrogen-bond acceptors (Lipinski definition) is 2. The van der Waals surface area contributed by atoms with Gasteiger partial charge < -0.3 is 9.68 Å². The van der Waals surface area contributed by atoms with Gasteiger partial charge in [-0.3, -0.25) is 0 Å². The van der Waals surface area contributed by atoms with E-state index in [1.165, 1.54) is 19.3 Å². The average Bonchev–Trinajstić information content (AvgIpc) is 1.91. The van der Waals surface area contributed by atoms with Crippen molar-refractivity contribution < 1.29 is 9.68 Å². The van der Waals surface area contributed by atoms with E-state index in [9.17, 15) is 0 Å². The molecule has 1 fully saturated rings. The molecule has 1 aliphatic rings. The standard InChI is InChI=1S/C6H13BO2/c8-7-9-6-4-2-1-3-5-6/h6-8H,1-5H2. The molecule has 0 aromatic carbocycles. The van der Waals surface area contributed by atoms with Crippen LogP contribution in [0.5, 0.6) is 0 Å². The molecular formula is C6H13BO2. The molecule has 1 aliphatic carbocycles. The zero-order valence-electron chi connectivity index (χ0n) is 5.68. The van der Waals surface area contributed by atoms with Crippen LogP contribution in [0.2, 0.25) is 0 Å². The van der Waals surface area contributed by atoms with Gasteiger partial charge in [0.2, 0.25) is 0 Å². The lowest BCUT2D eigenvalue weighted by molar-refractivity contribution is 0.140. The van der Waals surface area contributed by atoms with Gasteiger partial charge in [-0.15, -0.1) is 0 Å². The quantitative estimate of drug-likeness (QED) is 0.551. The molecule has 9 heavy (non-hydrogen) atoms. The van der Waals surface area contributed by atoms with Gasteiger partial charge in [0.25, 0.3) is 0 Å². The van der Waals surface area contributed by atoms with Crippen molar-refractivity contribution in [3.8, 4) is 0 Å². The minimum atomic E-state index is -0.106. The first kappa shape index (κ1) is 7.10. The fourth-order valence-electron chi connectivity index (χ4n) is 1.34. The van der Waals surface area contributed by atoms with E-state index in [0.29, 0.717) is 6.10 Å². The molecule has 1 N–H and O–H groups in total. The monoisotopic (exact) mass is 128 g/mol. The minimum absolute atomic E-state index is 0.106. The topological polar surface area (TPSA) is 29.5 Å². The SMILES string of the molecule is OBOC1CCCCC1. The second-order valence-electron chi connectivity index (χ2n) is 2.56. The normalized spacial score (nSPS) is 21.9. The first-order valence-electron chi connectivity index (χ1n) is 3.66. The zero-order valence-corrected chi connectivity index (χ0v) is 5.68. The molecule has 0 spiro atoms. The van der Waals surface area contributed by atoms with Crippen molar-refractivity contribution in [3.05, 3.63) is 0 Å². The summed E-state index contributed by atoms with van der Waals surface area (Å²) in [5.74, 6) is 0. The zero-order chi connectivity index (χ0) is 6.53. The molecule has 3 heteroatoms. The Morgan fingerprint density at radius 1 is 1.22 bits per heavy atom. The fourth-order valence-corrected chi connectivity index (χ4v) is 1.34. The maximum atomic E-state index is 8.40. The predicted octanol–water partition coefficient (Wildman–Crippen LogP) is 0.595. The van der Waals surface area contributed by atoms with Crippen LogP contribution in [0.25, 0.3) is 0 Å². The molecule has 0 unspecified atom stereocenters. The van der Waals surface area contributed by atoms with Crippen LogP contribution in [0, 0.1) is 0 Å². The lowest BCUT2D eigenvalue weighted by atomic mass is 9.97. The molecule has 0 saturated heterocycles. The summed E-state index contributed by atoms with van der Waals surface area (Å²) in [6.45, 7) is 0. The average molecular weight is 128 g/mol. The van der Waals surface area contributed by atoms with Crippen LogP contribution in [-0.2, 0) is 4.65 Å². The molecule has 0 heterocycles. The Labute approximate surface area is 56.5 Å². The van der Waals surface area contributed by atoms with Crippen molar-refractivity contribution in [1.82, 2.24) is 0 Å². The summed E-state index contributed by atoms with van der Waals surface area (Å²) in [7, 11) is -0.106. The highest BCUT2D eigenvalue weighted by Crippen LogP contribution is 2.19. The molecular weight excluding hydrogens is 115 g/mol. The van der Waals surface area contributed by atoms with Gasteiger partial charge in [-0.25, -0.2) is 0 Å². The van der Waals surface area contributed by atoms with Gasteiger partial charge in [0.1, 0.15) is 0 Å². The van der Waals surface area contributed by atoms with Gasteiger partial charge in [-0.05, 0) is 12.8 Å². The summed E-state index contributed by atoms with van der Waals surface area (Å²) in [4.78, 5) is 0. The Kier molecular flexibility index (Phi) is 3.08. The lowest BCUT2D eigenvalue weighted by Crippen LogP contribution is -2.18. The van der Waals surface area contributed by atoms with Crippen molar-refractivity contribution in [3.63, 3.8) is 0 Å². The summed E-state index contributed by atoms with van der Waals surface area (Å²) >= 11 is 0. The lowest BCUT2D eigenvalue weighted by Gasteiger charge is -2.20. The Morgan fingerprint density at radius 3 is 2.44 bits per heavy atom. The molecule has 2 nitrogen and oxygen atoms in total. The Balaban J connectivity index is 2.08. The van der Waals surface area contributed by atoms with Crippen molar-refractivity contribution >= 4 is 7.69 Å². The minimum Gasteiger partial charge on any atom is -0.430 e. The van der Waals surface area contributed by atoms with Crippen molar-refractivity contribution in [1.29, 1.82) is 0 Å². The first-order valence-corrected chi connectivity index (χ1v) is 3.66. The third kappa shape index (κ3) is 2.37. The van der Waals surface area contributed by atoms with E-state index in [1.54, 1.807) is 0 Å². The Bertz CT molecular complexity index is 68.7. The van der Waals surface area contributed by atoms with Gasteiger partial charge >= 0.3 is 7.69 Å². The van der Waals surface area contributed by atoms with Crippen LogP contribution >= 0.6 is 0 Å². The maximum absolute atomic E-state index is 8.40. The van der Waals surface area contributed by atoms with Crippen LogP contribution in [0.4, 0.5) is 0 Å². The smallest absolute Gasteiger partial charge is 0.430 e. The van der Waals surface area contributed by atoms with Gasteiger partial charge in [-0.2, -0.15) is 0 Å². The van der Waals surface area contributed by atoms with Crippen LogP contribution in [0.3, 0.4) is 0 Å². The van der Waals surface area contributed by atoms with Crippen molar-refractivity contribution in [2.75, 3.05) is 0 Å². The summed E-state index contributed by atoms with van der Waals surface area (Å²) in [5, 5.41) is 8.40. The molecule has 0 bridgehead atoms. The van der Waals surface area contributed by atoms with E-state index in [1.807, 2.05) is 0 Å². The third-order valence-corrected chi connectivity index (χ3v) is 1.86. The van der Waals surface area contributed by atoms with Gasteiger partial charge in [-0.1, -0.05) is 19.3 Å². The number of rotatable bonds is 2. The second kappa shape index (κ2) is 3.91.